The van der Waals surface area contributed by atoms with Crippen molar-refractivity contribution in [2.75, 3.05) is 11.4 Å². The van der Waals surface area contributed by atoms with Crippen molar-refractivity contribution in [1.29, 1.82) is 0 Å². The first-order valence-corrected chi connectivity index (χ1v) is 6.86. The van der Waals surface area contributed by atoms with Crippen molar-refractivity contribution in [2.45, 2.75) is 32.7 Å². The molecule has 1 aromatic rings. The van der Waals surface area contributed by atoms with Gasteiger partial charge in [0, 0.05) is 29.3 Å². The Kier molecular flexibility index (Phi) is 3.85. The second-order valence-corrected chi connectivity index (χ2v) is 5.72. The lowest BCUT2D eigenvalue weighted by Crippen LogP contribution is -2.43. The van der Waals surface area contributed by atoms with E-state index in [4.69, 9.17) is 0 Å². The Morgan fingerprint density at radius 1 is 1.56 bits per heavy atom. The molecule has 1 saturated heterocycles. The Morgan fingerprint density at radius 3 is 2.94 bits per heavy atom. The third-order valence-electron chi connectivity index (χ3n) is 3.66. The maximum absolute atomic E-state index is 11.1. The van der Waals surface area contributed by atoms with Crippen LogP contribution in [-0.4, -0.2) is 22.5 Å². The summed E-state index contributed by atoms with van der Waals surface area (Å²) in [6, 6.07) is 1.81. The van der Waals surface area contributed by atoms with E-state index in [1.807, 2.05) is 0 Å². The highest BCUT2D eigenvalue weighted by atomic mass is 79.9. The fourth-order valence-electron chi connectivity index (χ4n) is 2.41. The van der Waals surface area contributed by atoms with E-state index >= 15 is 0 Å². The first-order valence-electron chi connectivity index (χ1n) is 6.07. The molecule has 0 N–H and O–H groups in total. The lowest BCUT2D eigenvalue weighted by molar-refractivity contribution is -0.384. The van der Waals surface area contributed by atoms with E-state index in [1.54, 1.807) is 6.20 Å². The third-order valence-corrected chi connectivity index (χ3v) is 4.09. The molecule has 0 amide bonds. The Bertz CT molecular complexity index is 467. The molecular weight excluding hydrogens is 298 g/mol. The minimum Gasteiger partial charge on any atom is -0.348 e. The number of anilines is 1. The van der Waals surface area contributed by atoms with E-state index in [0.29, 0.717) is 16.2 Å². The van der Waals surface area contributed by atoms with E-state index in [0.717, 1.165) is 13.0 Å². The van der Waals surface area contributed by atoms with Gasteiger partial charge in [0.1, 0.15) is 0 Å². The SMILES string of the molecule is CC1CCCN(c2ncc(Br)cc2[N+](=O)[O-])C1C. The quantitative estimate of drug-likeness (QED) is 0.620. The summed E-state index contributed by atoms with van der Waals surface area (Å²) in [5.41, 5.74) is 0.0744. The van der Waals surface area contributed by atoms with Gasteiger partial charge in [-0.05, 0) is 41.6 Å². The molecule has 98 valence electrons. The van der Waals surface area contributed by atoms with Gasteiger partial charge in [0.2, 0.25) is 5.82 Å². The minimum absolute atomic E-state index is 0.0744. The topological polar surface area (TPSA) is 59.3 Å². The molecule has 1 aromatic heterocycles. The molecule has 1 aliphatic rings. The number of hydrogen-bond donors (Lipinski definition) is 0. The van der Waals surface area contributed by atoms with Gasteiger partial charge < -0.3 is 4.90 Å². The van der Waals surface area contributed by atoms with Crippen molar-refractivity contribution in [2.24, 2.45) is 5.92 Å². The summed E-state index contributed by atoms with van der Waals surface area (Å²) >= 11 is 3.23. The van der Waals surface area contributed by atoms with Crippen LogP contribution in [0.1, 0.15) is 26.7 Å². The highest BCUT2D eigenvalue weighted by Crippen LogP contribution is 2.34. The summed E-state index contributed by atoms with van der Waals surface area (Å²) in [7, 11) is 0. The number of nitro groups is 1. The normalized spacial score (nSPS) is 24.1. The average molecular weight is 314 g/mol. The number of piperidine rings is 1. The average Bonchev–Trinajstić information content (AvgIpc) is 2.33. The lowest BCUT2D eigenvalue weighted by Gasteiger charge is -2.38. The lowest BCUT2D eigenvalue weighted by atomic mass is 9.92. The number of aromatic nitrogens is 1. The molecule has 0 radical (unpaired) electrons. The molecule has 5 nitrogen and oxygen atoms in total. The van der Waals surface area contributed by atoms with Crippen LogP contribution in [0.2, 0.25) is 0 Å². The molecule has 2 unspecified atom stereocenters. The van der Waals surface area contributed by atoms with Gasteiger partial charge in [0.15, 0.2) is 0 Å². The maximum atomic E-state index is 11.1. The molecule has 0 aromatic carbocycles. The number of hydrogen-bond acceptors (Lipinski definition) is 4. The Morgan fingerprint density at radius 2 is 2.28 bits per heavy atom. The van der Waals surface area contributed by atoms with E-state index in [-0.39, 0.29) is 16.7 Å². The zero-order chi connectivity index (χ0) is 13.3. The molecule has 1 aliphatic heterocycles. The van der Waals surface area contributed by atoms with Gasteiger partial charge in [-0.25, -0.2) is 4.98 Å². The predicted octanol–water partition coefficient (Wildman–Crippen LogP) is 3.38. The van der Waals surface area contributed by atoms with Gasteiger partial charge >= 0.3 is 5.69 Å². The number of pyridine rings is 1. The van der Waals surface area contributed by atoms with Crippen molar-refractivity contribution < 1.29 is 4.92 Å². The summed E-state index contributed by atoms with van der Waals surface area (Å²) in [6.07, 6.45) is 3.84. The maximum Gasteiger partial charge on any atom is 0.312 e. The second kappa shape index (κ2) is 5.22. The molecule has 18 heavy (non-hydrogen) atoms. The number of halogens is 1. The van der Waals surface area contributed by atoms with Crippen LogP contribution < -0.4 is 4.90 Å². The molecule has 0 bridgehead atoms. The molecule has 6 heteroatoms. The summed E-state index contributed by atoms with van der Waals surface area (Å²) in [5, 5.41) is 11.1. The highest BCUT2D eigenvalue weighted by molar-refractivity contribution is 9.10. The second-order valence-electron chi connectivity index (χ2n) is 4.81. The number of rotatable bonds is 2. The van der Waals surface area contributed by atoms with Crippen molar-refractivity contribution in [3.05, 3.63) is 26.9 Å². The first-order chi connectivity index (χ1) is 8.50. The summed E-state index contributed by atoms with van der Waals surface area (Å²) < 4.78 is 0.635. The van der Waals surface area contributed by atoms with Gasteiger partial charge in [-0.3, -0.25) is 10.1 Å². The third kappa shape index (κ3) is 2.48. The standard InChI is InChI=1S/C12H16BrN3O2/c1-8-4-3-5-15(9(8)2)12-11(16(17)18)6-10(13)7-14-12/h6-9H,3-5H2,1-2H3. The van der Waals surface area contributed by atoms with Crippen LogP contribution in [-0.2, 0) is 0 Å². The van der Waals surface area contributed by atoms with Crippen LogP contribution in [0.5, 0.6) is 0 Å². The molecule has 0 saturated carbocycles. The summed E-state index contributed by atoms with van der Waals surface area (Å²) in [6.45, 7) is 5.12. The van der Waals surface area contributed by atoms with Gasteiger partial charge in [-0.1, -0.05) is 6.92 Å². The monoisotopic (exact) mass is 313 g/mol. The Balaban J connectivity index is 2.40. The van der Waals surface area contributed by atoms with Crippen LogP contribution in [0.15, 0.2) is 16.7 Å². The van der Waals surface area contributed by atoms with Crippen molar-refractivity contribution >= 4 is 27.4 Å². The summed E-state index contributed by atoms with van der Waals surface area (Å²) in [4.78, 5) is 17.1. The summed E-state index contributed by atoms with van der Waals surface area (Å²) in [5.74, 6) is 1.02. The fraction of sp³-hybridized carbons (Fsp3) is 0.583. The zero-order valence-corrected chi connectivity index (χ0v) is 12.1. The van der Waals surface area contributed by atoms with Gasteiger partial charge in [0.25, 0.3) is 0 Å². The molecule has 2 atom stereocenters. The molecule has 0 spiro atoms. The fourth-order valence-corrected chi connectivity index (χ4v) is 2.73. The largest absolute Gasteiger partial charge is 0.348 e. The molecular formula is C12H16BrN3O2. The van der Waals surface area contributed by atoms with Crippen molar-refractivity contribution in [1.82, 2.24) is 4.98 Å². The van der Waals surface area contributed by atoms with Gasteiger partial charge in [-0.15, -0.1) is 0 Å². The first kappa shape index (κ1) is 13.3. The minimum atomic E-state index is -0.362. The van der Waals surface area contributed by atoms with E-state index in [9.17, 15) is 10.1 Å². The van der Waals surface area contributed by atoms with E-state index < -0.39 is 0 Å². The Labute approximate surface area is 114 Å². The van der Waals surface area contributed by atoms with Crippen LogP contribution in [0.25, 0.3) is 0 Å². The molecule has 1 fully saturated rings. The Hall–Kier alpha value is -1.17. The van der Waals surface area contributed by atoms with Crippen LogP contribution in [0.3, 0.4) is 0 Å². The van der Waals surface area contributed by atoms with Crippen LogP contribution in [0, 0.1) is 16.0 Å². The number of nitrogens with zero attached hydrogens (tertiary/aromatic N) is 3. The molecule has 2 rings (SSSR count). The highest BCUT2D eigenvalue weighted by Gasteiger charge is 2.30. The van der Waals surface area contributed by atoms with Gasteiger partial charge in [-0.2, -0.15) is 0 Å². The van der Waals surface area contributed by atoms with E-state index in [1.165, 1.54) is 12.5 Å². The zero-order valence-electron chi connectivity index (χ0n) is 10.5. The van der Waals surface area contributed by atoms with Crippen molar-refractivity contribution in [3.8, 4) is 0 Å². The van der Waals surface area contributed by atoms with E-state index in [2.05, 4.69) is 39.7 Å². The van der Waals surface area contributed by atoms with Crippen LogP contribution in [0.4, 0.5) is 11.5 Å². The predicted molar refractivity (Wildman–Crippen MR) is 73.8 cm³/mol. The van der Waals surface area contributed by atoms with Crippen molar-refractivity contribution in [3.63, 3.8) is 0 Å². The molecule has 0 aliphatic carbocycles. The van der Waals surface area contributed by atoms with Crippen LogP contribution >= 0.6 is 15.9 Å². The molecule has 2 heterocycles. The smallest absolute Gasteiger partial charge is 0.312 e. The van der Waals surface area contributed by atoms with Gasteiger partial charge in [0.05, 0.1) is 4.92 Å².